The van der Waals surface area contributed by atoms with E-state index >= 15 is 0 Å². The minimum absolute atomic E-state index is 0.432. The third-order valence-electron chi connectivity index (χ3n) is 2.05. The van der Waals surface area contributed by atoms with Crippen LogP contribution < -0.4 is 14.6 Å². The van der Waals surface area contributed by atoms with E-state index in [1.807, 2.05) is 19.0 Å². The van der Waals surface area contributed by atoms with Crippen LogP contribution in [0.25, 0.3) is 11.2 Å². The van der Waals surface area contributed by atoms with Crippen molar-refractivity contribution in [1.29, 1.82) is 0 Å². The van der Waals surface area contributed by atoms with Crippen LogP contribution in [-0.4, -0.2) is 35.7 Å². The number of H-pyrrole nitrogens is 2. The minimum Gasteiger partial charge on any atom is -0.462 e. The van der Waals surface area contributed by atoms with E-state index < -0.39 is 0 Å². The van der Waals surface area contributed by atoms with E-state index in [1.165, 1.54) is 0 Å². The summed E-state index contributed by atoms with van der Waals surface area (Å²) in [6.07, 6.45) is 3.28. The molecule has 0 aliphatic carbocycles. The molecule has 16 heavy (non-hydrogen) atoms. The summed E-state index contributed by atoms with van der Waals surface area (Å²) in [4.78, 5) is 16.4. The normalized spacial score (nSPS) is 10.4. The summed E-state index contributed by atoms with van der Waals surface area (Å²) < 4.78 is 5.51. The number of hydrogen-bond donors (Lipinski definition) is 1. The number of imidazole rings is 1. The van der Waals surface area contributed by atoms with Crippen molar-refractivity contribution in [3.05, 3.63) is 19.0 Å². The van der Waals surface area contributed by atoms with Crippen molar-refractivity contribution < 1.29 is 9.72 Å². The van der Waals surface area contributed by atoms with Gasteiger partial charge in [-0.15, -0.1) is 0 Å². The van der Waals surface area contributed by atoms with E-state index in [0.29, 0.717) is 24.1 Å². The Morgan fingerprint density at radius 2 is 2.44 bits per heavy atom. The molecule has 0 radical (unpaired) electrons. The molecule has 2 N–H and O–H groups in total. The summed E-state index contributed by atoms with van der Waals surface area (Å²) >= 11 is 0. The average molecular weight is 220 g/mol. The third-order valence-corrected chi connectivity index (χ3v) is 2.05. The van der Waals surface area contributed by atoms with Crippen molar-refractivity contribution in [2.45, 2.75) is 0 Å². The first-order valence-corrected chi connectivity index (χ1v) is 4.90. The zero-order chi connectivity index (χ0) is 11.5. The number of aromatic nitrogens is 4. The highest BCUT2D eigenvalue weighted by atomic mass is 16.5. The number of aromatic amines is 2. The Balaban J connectivity index is 2.50. The molecule has 0 amide bonds. The number of hydrogen-bond acceptors (Lipinski definition) is 4. The minimum atomic E-state index is 0.432. The second-order valence-corrected chi connectivity index (χ2v) is 3.48. The Kier molecular flexibility index (Phi) is 2.72. The molecule has 6 nitrogen and oxygen atoms in total. The van der Waals surface area contributed by atoms with Crippen LogP contribution in [0.2, 0.25) is 0 Å². The molecule has 0 saturated heterocycles. The molecule has 0 saturated carbocycles. The fraction of sp³-hybridized carbons (Fsp3) is 0.300. The number of nitrogens with one attached hydrogen (secondary N) is 2. The van der Waals surface area contributed by atoms with E-state index in [0.717, 1.165) is 5.52 Å². The predicted molar refractivity (Wildman–Crippen MR) is 60.5 cm³/mol. The highest BCUT2D eigenvalue weighted by Gasteiger charge is 2.17. The van der Waals surface area contributed by atoms with Crippen molar-refractivity contribution in [2.75, 3.05) is 25.6 Å². The quantitative estimate of drug-likeness (QED) is 0.757. The largest absolute Gasteiger partial charge is 0.462 e. The van der Waals surface area contributed by atoms with E-state index in [4.69, 9.17) is 4.74 Å². The van der Waals surface area contributed by atoms with Gasteiger partial charge in [-0.2, -0.15) is 0 Å². The zero-order valence-electron chi connectivity index (χ0n) is 9.32. The van der Waals surface area contributed by atoms with Crippen molar-refractivity contribution in [3.63, 3.8) is 0 Å². The highest BCUT2D eigenvalue weighted by molar-refractivity contribution is 5.74. The van der Waals surface area contributed by atoms with Gasteiger partial charge in [0.05, 0.1) is 20.4 Å². The molecule has 0 bridgehead atoms. The summed E-state index contributed by atoms with van der Waals surface area (Å²) in [5.41, 5.74) is 1.38. The van der Waals surface area contributed by atoms with Crippen LogP contribution in [0.5, 0.6) is 5.88 Å². The van der Waals surface area contributed by atoms with Crippen molar-refractivity contribution in [2.24, 2.45) is 0 Å². The molecule has 2 heterocycles. The van der Waals surface area contributed by atoms with Crippen LogP contribution in [-0.2, 0) is 0 Å². The first-order valence-electron chi connectivity index (χ1n) is 4.90. The molecular formula is C10H14N5O+. The molecule has 0 spiro atoms. The van der Waals surface area contributed by atoms with Gasteiger partial charge < -0.3 is 9.72 Å². The molecule has 2 aromatic rings. The number of anilines is 1. The van der Waals surface area contributed by atoms with Crippen LogP contribution in [0.3, 0.4) is 0 Å². The first-order chi connectivity index (χ1) is 7.72. The summed E-state index contributed by atoms with van der Waals surface area (Å²) in [6.45, 7) is 4.04. The molecule has 6 heteroatoms. The molecule has 0 aliphatic heterocycles. The van der Waals surface area contributed by atoms with Crippen LogP contribution in [0.15, 0.2) is 19.0 Å². The maximum Gasteiger partial charge on any atom is 0.396 e. The van der Waals surface area contributed by atoms with E-state index in [1.54, 1.807) is 12.4 Å². The number of nitrogens with zero attached hydrogens (tertiary/aromatic N) is 3. The highest BCUT2D eigenvalue weighted by Crippen LogP contribution is 2.17. The summed E-state index contributed by atoms with van der Waals surface area (Å²) in [5.74, 6) is 1.31. The average Bonchev–Trinajstić information content (AvgIpc) is 2.73. The topological polar surface area (TPSA) is 68.2 Å². The van der Waals surface area contributed by atoms with Gasteiger partial charge >= 0.3 is 5.95 Å². The van der Waals surface area contributed by atoms with Crippen molar-refractivity contribution in [1.82, 2.24) is 15.0 Å². The second kappa shape index (κ2) is 4.18. The van der Waals surface area contributed by atoms with Crippen LogP contribution in [0.1, 0.15) is 0 Å². The number of rotatable bonds is 4. The zero-order valence-corrected chi connectivity index (χ0v) is 9.32. The van der Waals surface area contributed by atoms with Gasteiger partial charge in [0.25, 0.3) is 11.5 Å². The number of fused-ring (bicyclic) bond motifs is 1. The number of ether oxygens (including phenoxy) is 1. The van der Waals surface area contributed by atoms with Gasteiger partial charge in [0.2, 0.25) is 0 Å². The lowest BCUT2D eigenvalue weighted by atomic mass is 10.5. The van der Waals surface area contributed by atoms with Crippen molar-refractivity contribution in [3.8, 4) is 5.88 Å². The maximum absolute atomic E-state index is 5.51. The summed E-state index contributed by atoms with van der Waals surface area (Å²) in [6, 6.07) is 0. The summed E-state index contributed by atoms with van der Waals surface area (Å²) in [5, 5.41) is 0. The van der Waals surface area contributed by atoms with Gasteiger partial charge in [-0.1, -0.05) is 12.7 Å². The fourth-order valence-electron chi connectivity index (χ4n) is 1.29. The second-order valence-electron chi connectivity index (χ2n) is 3.48. The van der Waals surface area contributed by atoms with E-state index in [-0.39, 0.29) is 0 Å². The van der Waals surface area contributed by atoms with Crippen LogP contribution in [0.4, 0.5) is 5.95 Å². The van der Waals surface area contributed by atoms with Crippen LogP contribution >= 0.6 is 0 Å². The lowest BCUT2D eigenvalue weighted by Crippen LogP contribution is -2.24. The molecule has 2 rings (SSSR count). The Morgan fingerprint density at radius 1 is 1.62 bits per heavy atom. The Bertz CT molecular complexity index is 505. The summed E-state index contributed by atoms with van der Waals surface area (Å²) in [7, 11) is 3.79. The predicted octanol–water partition coefficient (Wildman–Crippen LogP) is 0.403. The molecule has 2 aromatic heterocycles. The molecule has 0 unspecified atom stereocenters. The lowest BCUT2D eigenvalue weighted by Gasteiger charge is -2.05. The molecule has 0 aliphatic rings. The van der Waals surface area contributed by atoms with Gasteiger partial charge in [-0.05, 0) is 4.98 Å². The molecule has 0 aromatic carbocycles. The molecule has 0 fully saturated rings. The van der Waals surface area contributed by atoms with E-state index in [2.05, 4.69) is 26.5 Å². The van der Waals surface area contributed by atoms with Gasteiger partial charge in [0.15, 0.2) is 5.52 Å². The maximum atomic E-state index is 5.51. The molecule has 0 atom stereocenters. The SMILES string of the molecule is C=CCOc1[nH+]c(N(C)C)nc2nc[nH]c12. The first kappa shape index (κ1) is 10.4. The van der Waals surface area contributed by atoms with Crippen molar-refractivity contribution >= 4 is 17.1 Å². The Labute approximate surface area is 93.0 Å². The van der Waals surface area contributed by atoms with E-state index in [9.17, 15) is 0 Å². The monoisotopic (exact) mass is 220 g/mol. The van der Waals surface area contributed by atoms with Gasteiger partial charge in [-0.25, -0.2) is 9.97 Å². The lowest BCUT2D eigenvalue weighted by molar-refractivity contribution is -0.381. The van der Waals surface area contributed by atoms with Crippen LogP contribution in [0, 0.1) is 0 Å². The Morgan fingerprint density at radius 3 is 3.12 bits per heavy atom. The standard InChI is InChI=1S/C10H13N5O/c1-4-5-16-9-7-8(12-6-11-7)13-10(14-9)15(2)3/h4,6H,1,5H2,2-3H3,(H,11,12,13,14)/p+1. The van der Waals surface area contributed by atoms with Gasteiger partial charge in [0.1, 0.15) is 6.61 Å². The molecular weight excluding hydrogens is 206 g/mol. The smallest absolute Gasteiger partial charge is 0.396 e. The Hall–Kier alpha value is -2.11. The molecule has 84 valence electrons. The fourth-order valence-corrected chi connectivity index (χ4v) is 1.29. The van der Waals surface area contributed by atoms with Gasteiger partial charge in [-0.3, -0.25) is 4.90 Å². The van der Waals surface area contributed by atoms with Gasteiger partial charge in [0, 0.05) is 0 Å². The third kappa shape index (κ3) is 1.81.